The van der Waals surface area contributed by atoms with Crippen LogP contribution in [0.5, 0.6) is 0 Å². The van der Waals surface area contributed by atoms with Gasteiger partial charge in [-0.15, -0.1) is 0 Å². The number of nitrogens with one attached hydrogen (secondary N) is 1. The normalized spacial score (nSPS) is 13.0. The van der Waals surface area contributed by atoms with Crippen LogP contribution in [0.1, 0.15) is 277 Å². The van der Waals surface area contributed by atoms with E-state index in [2.05, 4.69) is 49.5 Å². The van der Waals surface area contributed by atoms with Gasteiger partial charge in [-0.05, 0) is 77.0 Å². The Bertz CT molecular complexity index is 1070. The quantitative estimate of drug-likeness (QED) is 0.0321. The van der Waals surface area contributed by atoms with Gasteiger partial charge in [0.1, 0.15) is 0 Å². The Hall–Kier alpha value is -2.18. The van der Waals surface area contributed by atoms with Crippen LogP contribution in [-0.4, -0.2) is 47.4 Å². The van der Waals surface area contributed by atoms with E-state index >= 15 is 0 Å². The molecule has 0 rings (SSSR count). The van der Waals surface area contributed by atoms with Crippen molar-refractivity contribution in [1.29, 1.82) is 0 Å². The highest BCUT2D eigenvalue weighted by Crippen LogP contribution is 2.15. The summed E-state index contributed by atoms with van der Waals surface area (Å²) in [5.74, 6) is -0.171. The van der Waals surface area contributed by atoms with E-state index < -0.39 is 12.1 Å². The van der Waals surface area contributed by atoms with E-state index in [1.54, 1.807) is 6.08 Å². The predicted octanol–water partition coefficient (Wildman–Crippen LogP) is 16.6. The minimum Gasteiger partial charge on any atom is -0.466 e. The van der Waals surface area contributed by atoms with Gasteiger partial charge in [0.05, 0.1) is 25.4 Å². The van der Waals surface area contributed by atoms with Crippen LogP contribution in [0.25, 0.3) is 0 Å². The molecule has 0 aromatic rings. The summed E-state index contributed by atoms with van der Waals surface area (Å²) in [6.07, 6.45) is 65.6. The Morgan fingerprint density at radius 3 is 1.25 bits per heavy atom. The predicted molar refractivity (Wildman–Crippen MR) is 273 cm³/mol. The van der Waals surface area contributed by atoms with Crippen LogP contribution in [0.15, 0.2) is 48.6 Å². The molecule has 0 aliphatic heterocycles. The number of hydrogen-bond donors (Lipinski definition) is 3. The van der Waals surface area contributed by atoms with Crippen molar-refractivity contribution in [1.82, 2.24) is 5.32 Å². The van der Waals surface area contributed by atoms with E-state index in [1.807, 2.05) is 12.2 Å². The second kappa shape index (κ2) is 52.4. The molecule has 0 aromatic heterocycles. The minimum absolute atomic E-state index is 0.0224. The lowest BCUT2D eigenvalue weighted by Crippen LogP contribution is -2.45. The van der Waals surface area contributed by atoms with Crippen molar-refractivity contribution in [2.24, 2.45) is 0 Å². The number of unbranched alkanes of at least 4 members (excludes halogenated alkanes) is 33. The summed E-state index contributed by atoms with van der Waals surface area (Å²) in [4.78, 5) is 24.5. The summed E-state index contributed by atoms with van der Waals surface area (Å²) in [6.45, 7) is 4.83. The fourth-order valence-electron chi connectivity index (χ4n) is 8.09. The van der Waals surface area contributed by atoms with Gasteiger partial charge in [-0.2, -0.15) is 0 Å². The minimum atomic E-state index is -0.880. The SMILES string of the molecule is CCCCCCCC/C=C\CCCCCCCCCC(=O)OCCCCCCCC/C=C\C/C=C\CCC(=O)NC(CO)C(O)/C=C/CCCCCCCCCCCCCCCC. The first-order chi connectivity index (χ1) is 31.0. The van der Waals surface area contributed by atoms with Crippen molar-refractivity contribution in [3.8, 4) is 0 Å². The molecule has 2 atom stereocenters. The molecule has 3 N–H and O–H groups in total. The first-order valence-corrected chi connectivity index (χ1v) is 27.4. The lowest BCUT2D eigenvalue weighted by Gasteiger charge is -2.19. The third-order valence-electron chi connectivity index (χ3n) is 12.3. The zero-order valence-corrected chi connectivity index (χ0v) is 41.8. The smallest absolute Gasteiger partial charge is 0.305 e. The topological polar surface area (TPSA) is 95.9 Å². The van der Waals surface area contributed by atoms with E-state index in [0.717, 1.165) is 51.4 Å². The number of aliphatic hydroxyl groups excluding tert-OH is 2. The summed E-state index contributed by atoms with van der Waals surface area (Å²) in [5, 5.41) is 23.0. The molecule has 0 saturated heterocycles. The monoisotopic (exact) mass is 884 g/mol. The molecule has 368 valence electrons. The molecule has 0 fully saturated rings. The number of aliphatic hydroxyl groups is 2. The van der Waals surface area contributed by atoms with Crippen LogP contribution >= 0.6 is 0 Å². The van der Waals surface area contributed by atoms with Gasteiger partial charge < -0.3 is 20.3 Å². The van der Waals surface area contributed by atoms with Crippen LogP contribution in [0, 0.1) is 0 Å². The molecule has 0 heterocycles. The lowest BCUT2D eigenvalue weighted by atomic mass is 10.0. The maximum absolute atomic E-state index is 12.4. The summed E-state index contributed by atoms with van der Waals surface area (Å²) in [6, 6.07) is -0.673. The molecular weight excluding hydrogens is 779 g/mol. The first-order valence-electron chi connectivity index (χ1n) is 27.4. The number of hydrogen-bond acceptors (Lipinski definition) is 5. The Morgan fingerprint density at radius 1 is 0.444 bits per heavy atom. The largest absolute Gasteiger partial charge is 0.466 e. The summed E-state index contributed by atoms with van der Waals surface area (Å²) in [7, 11) is 0. The van der Waals surface area contributed by atoms with Gasteiger partial charge in [-0.3, -0.25) is 9.59 Å². The van der Waals surface area contributed by atoms with E-state index in [0.29, 0.717) is 25.9 Å². The maximum atomic E-state index is 12.4. The molecule has 0 aliphatic carbocycles. The van der Waals surface area contributed by atoms with E-state index in [4.69, 9.17) is 4.74 Å². The Morgan fingerprint density at radius 2 is 0.810 bits per heavy atom. The van der Waals surface area contributed by atoms with Gasteiger partial charge >= 0.3 is 5.97 Å². The second-order valence-electron chi connectivity index (χ2n) is 18.5. The highest BCUT2D eigenvalue weighted by atomic mass is 16.5. The number of rotatable bonds is 50. The second-order valence-corrected chi connectivity index (χ2v) is 18.5. The molecule has 0 aromatic carbocycles. The Kier molecular flexibility index (Phi) is 50.6. The van der Waals surface area contributed by atoms with Gasteiger partial charge in [0, 0.05) is 12.8 Å². The van der Waals surface area contributed by atoms with Gasteiger partial charge in [0.25, 0.3) is 0 Å². The number of allylic oxidation sites excluding steroid dienone is 7. The fourth-order valence-corrected chi connectivity index (χ4v) is 8.09. The van der Waals surface area contributed by atoms with Crippen LogP contribution < -0.4 is 5.32 Å². The number of ether oxygens (including phenoxy) is 1. The van der Waals surface area contributed by atoms with Crippen molar-refractivity contribution >= 4 is 11.9 Å². The average molecular weight is 884 g/mol. The van der Waals surface area contributed by atoms with Crippen LogP contribution in [0.2, 0.25) is 0 Å². The van der Waals surface area contributed by atoms with E-state index in [-0.39, 0.29) is 18.5 Å². The molecule has 2 unspecified atom stereocenters. The molecule has 0 bridgehead atoms. The van der Waals surface area contributed by atoms with Crippen molar-refractivity contribution in [2.75, 3.05) is 13.2 Å². The van der Waals surface area contributed by atoms with Crippen molar-refractivity contribution < 1.29 is 24.5 Å². The fraction of sp³-hybridized carbons (Fsp3) is 0.825. The highest BCUT2D eigenvalue weighted by Gasteiger charge is 2.17. The summed E-state index contributed by atoms with van der Waals surface area (Å²) in [5.41, 5.74) is 0. The van der Waals surface area contributed by atoms with Crippen LogP contribution in [0.4, 0.5) is 0 Å². The van der Waals surface area contributed by atoms with Crippen molar-refractivity contribution in [2.45, 2.75) is 289 Å². The number of carbonyl (C=O) groups excluding carboxylic acids is 2. The highest BCUT2D eigenvalue weighted by molar-refractivity contribution is 5.76. The van der Waals surface area contributed by atoms with Crippen LogP contribution in [0.3, 0.4) is 0 Å². The number of amides is 1. The summed E-state index contributed by atoms with van der Waals surface area (Å²) >= 11 is 0. The molecule has 1 amide bonds. The first kappa shape index (κ1) is 60.8. The Labute approximate surface area is 391 Å². The van der Waals surface area contributed by atoms with E-state index in [9.17, 15) is 19.8 Å². The molecule has 6 heteroatoms. The van der Waals surface area contributed by atoms with E-state index in [1.165, 1.54) is 193 Å². The Balaban J connectivity index is 3.57. The third kappa shape index (κ3) is 49.1. The van der Waals surface area contributed by atoms with Gasteiger partial charge in [0.15, 0.2) is 0 Å². The lowest BCUT2D eigenvalue weighted by molar-refractivity contribution is -0.143. The van der Waals surface area contributed by atoms with Crippen molar-refractivity contribution in [3.05, 3.63) is 48.6 Å². The molecule has 0 saturated carbocycles. The maximum Gasteiger partial charge on any atom is 0.305 e. The van der Waals surface area contributed by atoms with Crippen LogP contribution in [-0.2, 0) is 14.3 Å². The molecule has 0 aliphatic rings. The molecule has 6 nitrogen and oxygen atoms in total. The molecule has 0 spiro atoms. The van der Waals surface area contributed by atoms with Crippen molar-refractivity contribution in [3.63, 3.8) is 0 Å². The summed E-state index contributed by atoms with van der Waals surface area (Å²) < 4.78 is 5.46. The molecule has 0 radical (unpaired) electrons. The molecular formula is C57H105NO5. The van der Waals surface area contributed by atoms with Gasteiger partial charge in [0.2, 0.25) is 5.91 Å². The van der Waals surface area contributed by atoms with Gasteiger partial charge in [-0.25, -0.2) is 0 Å². The average Bonchev–Trinajstić information content (AvgIpc) is 3.28. The third-order valence-corrected chi connectivity index (χ3v) is 12.3. The zero-order valence-electron chi connectivity index (χ0n) is 41.8. The zero-order chi connectivity index (χ0) is 45.8. The molecule has 63 heavy (non-hydrogen) atoms. The number of carbonyl (C=O) groups is 2. The standard InChI is InChI=1S/C57H105NO5/c1-3-5-7-9-11-13-15-17-19-21-23-27-31-35-39-43-47-51-57(62)63-52-48-44-40-36-32-28-24-26-30-34-38-42-46-50-56(61)58-54(53-59)55(60)49-45-41-37-33-29-25-22-20-18-16-14-12-10-8-6-4-2/h17,19,26,30,38,42,45,49,54-55,59-60H,3-16,18,20-25,27-29,31-37,39-41,43-44,46-48,50-53H2,1-2H3,(H,58,61)/b19-17-,30-26-,42-38-,49-45+. The van der Waals surface area contributed by atoms with Gasteiger partial charge in [-0.1, -0.05) is 236 Å². The number of esters is 1.